The van der Waals surface area contributed by atoms with Crippen molar-refractivity contribution in [1.82, 2.24) is 5.32 Å². The van der Waals surface area contributed by atoms with Crippen LogP contribution in [0.1, 0.15) is 38.7 Å². The van der Waals surface area contributed by atoms with Gasteiger partial charge in [0.2, 0.25) is 0 Å². The van der Waals surface area contributed by atoms with Crippen LogP contribution in [0.3, 0.4) is 0 Å². The molecule has 1 aromatic rings. The predicted molar refractivity (Wildman–Crippen MR) is 67.1 cm³/mol. The van der Waals surface area contributed by atoms with E-state index in [9.17, 15) is 8.78 Å². The Kier molecular flexibility index (Phi) is 6.12. The molecule has 17 heavy (non-hydrogen) atoms. The number of unbranched alkanes of at least 4 members (excludes halogenated alkanes) is 2. The van der Waals surface area contributed by atoms with E-state index in [-0.39, 0.29) is 11.6 Å². The van der Waals surface area contributed by atoms with Crippen molar-refractivity contribution >= 4 is 0 Å². The Balaban J connectivity index is 2.42. The molecule has 1 nitrogen and oxygen atoms in total. The molecule has 3 heteroatoms. The number of halogens is 2. The highest BCUT2D eigenvalue weighted by atomic mass is 19.1. The Labute approximate surface area is 102 Å². The van der Waals surface area contributed by atoms with Crippen LogP contribution in [0.25, 0.3) is 0 Å². The summed E-state index contributed by atoms with van der Waals surface area (Å²) in [5, 5.41) is 3.29. The van der Waals surface area contributed by atoms with Crippen molar-refractivity contribution in [1.29, 1.82) is 0 Å². The second kappa shape index (κ2) is 7.38. The number of nitrogens with one attached hydrogen (secondary N) is 1. The molecule has 0 bridgehead atoms. The molecule has 0 heterocycles. The summed E-state index contributed by atoms with van der Waals surface area (Å²) in [6, 6.07) is 4.11. The van der Waals surface area contributed by atoms with Gasteiger partial charge in [-0.25, -0.2) is 8.78 Å². The average Bonchev–Trinajstić information content (AvgIpc) is 2.30. The predicted octanol–water partition coefficient (Wildman–Crippen LogP) is 3.68. The van der Waals surface area contributed by atoms with E-state index >= 15 is 0 Å². The molecule has 0 saturated heterocycles. The Bertz CT molecular complexity index is 319. The molecule has 0 saturated carbocycles. The van der Waals surface area contributed by atoms with Crippen LogP contribution in [0.15, 0.2) is 18.2 Å². The summed E-state index contributed by atoms with van der Waals surface area (Å²) < 4.78 is 26.8. The molecule has 0 amide bonds. The lowest BCUT2D eigenvalue weighted by Gasteiger charge is -2.14. The summed E-state index contributed by atoms with van der Waals surface area (Å²) in [7, 11) is 0. The van der Waals surface area contributed by atoms with Gasteiger partial charge >= 0.3 is 0 Å². The van der Waals surface area contributed by atoms with E-state index in [1.54, 1.807) is 0 Å². The van der Waals surface area contributed by atoms with Gasteiger partial charge in [-0.2, -0.15) is 0 Å². The Morgan fingerprint density at radius 1 is 1.18 bits per heavy atom. The maximum Gasteiger partial charge on any atom is 0.129 e. The maximum absolute atomic E-state index is 13.4. The zero-order valence-corrected chi connectivity index (χ0v) is 10.6. The highest BCUT2D eigenvalue weighted by molar-refractivity contribution is 5.20. The lowest BCUT2D eigenvalue weighted by molar-refractivity contribution is 0.490. The number of hydrogen-bond donors (Lipinski definition) is 1. The Hall–Kier alpha value is -0.960. The molecular formula is C14H21F2N. The lowest BCUT2D eigenvalue weighted by Crippen LogP contribution is -2.29. The first kappa shape index (κ1) is 14.1. The maximum atomic E-state index is 13.4. The van der Waals surface area contributed by atoms with Crippen molar-refractivity contribution < 1.29 is 8.78 Å². The monoisotopic (exact) mass is 241 g/mol. The molecule has 1 unspecified atom stereocenters. The highest BCUT2D eigenvalue weighted by Crippen LogP contribution is 2.14. The first-order chi connectivity index (χ1) is 8.15. The van der Waals surface area contributed by atoms with Crippen LogP contribution < -0.4 is 5.32 Å². The minimum Gasteiger partial charge on any atom is -0.314 e. The second-order valence-corrected chi connectivity index (χ2v) is 4.47. The van der Waals surface area contributed by atoms with Crippen LogP contribution in [0, 0.1) is 11.6 Å². The lowest BCUT2D eigenvalue weighted by atomic mass is 10.1. The first-order valence-electron chi connectivity index (χ1n) is 6.31. The van der Waals surface area contributed by atoms with Crippen LogP contribution in [0.4, 0.5) is 8.78 Å². The third-order valence-corrected chi connectivity index (χ3v) is 2.85. The van der Waals surface area contributed by atoms with Crippen molar-refractivity contribution in [2.45, 2.75) is 45.6 Å². The SMILES string of the molecule is CCCCCNC(C)Cc1c(F)cccc1F. The van der Waals surface area contributed by atoms with E-state index in [1.165, 1.54) is 31.0 Å². The molecular weight excluding hydrogens is 220 g/mol. The molecule has 0 fully saturated rings. The summed E-state index contributed by atoms with van der Waals surface area (Å²) in [6.45, 7) is 5.01. The Morgan fingerprint density at radius 3 is 2.41 bits per heavy atom. The number of rotatable bonds is 7. The Morgan fingerprint density at radius 2 is 1.82 bits per heavy atom. The van der Waals surface area contributed by atoms with Gasteiger partial charge in [0.05, 0.1) is 0 Å². The van der Waals surface area contributed by atoms with Crippen molar-refractivity contribution in [3.8, 4) is 0 Å². The third kappa shape index (κ3) is 4.82. The number of hydrogen-bond acceptors (Lipinski definition) is 1. The van der Waals surface area contributed by atoms with E-state index in [4.69, 9.17) is 0 Å². The standard InChI is InChI=1S/C14H21F2N/c1-3-4-5-9-17-11(2)10-12-13(15)7-6-8-14(12)16/h6-8,11,17H,3-5,9-10H2,1-2H3. The molecule has 1 N–H and O–H groups in total. The van der Waals surface area contributed by atoms with Gasteiger partial charge in [0.15, 0.2) is 0 Å². The quantitative estimate of drug-likeness (QED) is 0.718. The molecule has 0 aliphatic carbocycles. The number of benzene rings is 1. The average molecular weight is 241 g/mol. The van der Waals surface area contributed by atoms with E-state index < -0.39 is 11.6 Å². The summed E-state index contributed by atoms with van der Waals surface area (Å²) >= 11 is 0. The molecule has 0 aliphatic rings. The van der Waals surface area contributed by atoms with Crippen LogP contribution in [0.5, 0.6) is 0 Å². The smallest absolute Gasteiger partial charge is 0.129 e. The van der Waals surface area contributed by atoms with Gasteiger partial charge in [-0.05, 0) is 38.4 Å². The first-order valence-corrected chi connectivity index (χ1v) is 6.31. The van der Waals surface area contributed by atoms with Crippen LogP contribution >= 0.6 is 0 Å². The molecule has 0 spiro atoms. The minimum atomic E-state index is -0.452. The van der Waals surface area contributed by atoms with Gasteiger partial charge in [0, 0.05) is 11.6 Å². The summed E-state index contributed by atoms with van der Waals surface area (Å²) in [5.41, 5.74) is 0.183. The molecule has 96 valence electrons. The molecule has 1 rings (SSSR count). The van der Waals surface area contributed by atoms with E-state index in [1.807, 2.05) is 6.92 Å². The molecule has 0 aliphatic heterocycles. The van der Waals surface area contributed by atoms with Gasteiger partial charge in [0.25, 0.3) is 0 Å². The van der Waals surface area contributed by atoms with Gasteiger partial charge in [0.1, 0.15) is 11.6 Å². The highest BCUT2D eigenvalue weighted by Gasteiger charge is 2.11. The fourth-order valence-electron chi connectivity index (χ4n) is 1.83. The van der Waals surface area contributed by atoms with E-state index in [2.05, 4.69) is 12.2 Å². The fourth-order valence-corrected chi connectivity index (χ4v) is 1.83. The van der Waals surface area contributed by atoms with E-state index in [0.29, 0.717) is 6.42 Å². The van der Waals surface area contributed by atoms with Crippen molar-refractivity contribution in [3.05, 3.63) is 35.4 Å². The third-order valence-electron chi connectivity index (χ3n) is 2.85. The van der Waals surface area contributed by atoms with Crippen molar-refractivity contribution in [3.63, 3.8) is 0 Å². The summed E-state index contributed by atoms with van der Waals surface area (Å²) in [4.78, 5) is 0. The van der Waals surface area contributed by atoms with E-state index in [0.717, 1.165) is 13.0 Å². The van der Waals surface area contributed by atoms with Gasteiger partial charge < -0.3 is 5.32 Å². The van der Waals surface area contributed by atoms with Crippen LogP contribution in [0.2, 0.25) is 0 Å². The minimum absolute atomic E-state index is 0.0956. The summed E-state index contributed by atoms with van der Waals surface area (Å²) in [6.07, 6.45) is 3.87. The second-order valence-electron chi connectivity index (χ2n) is 4.47. The summed E-state index contributed by atoms with van der Waals surface area (Å²) in [5.74, 6) is -0.903. The van der Waals surface area contributed by atoms with Crippen molar-refractivity contribution in [2.75, 3.05) is 6.54 Å². The van der Waals surface area contributed by atoms with Crippen molar-refractivity contribution in [2.24, 2.45) is 0 Å². The zero-order chi connectivity index (χ0) is 12.7. The largest absolute Gasteiger partial charge is 0.314 e. The van der Waals surface area contributed by atoms with Gasteiger partial charge in [-0.3, -0.25) is 0 Å². The zero-order valence-electron chi connectivity index (χ0n) is 10.6. The normalized spacial score (nSPS) is 12.7. The van der Waals surface area contributed by atoms with Crippen LogP contribution in [-0.2, 0) is 6.42 Å². The molecule has 1 aromatic carbocycles. The fraction of sp³-hybridized carbons (Fsp3) is 0.571. The van der Waals surface area contributed by atoms with Gasteiger partial charge in [-0.15, -0.1) is 0 Å². The van der Waals surface area contributed by atoms with Crippen LogP contribution in [-0.4, -0.2) is 12.6 Å². The molecule has 0 radical (unpaired) electrons. The molecule has 0 aromatic heterocycles. The van der Waals surface area contributed by atoms with Gasteiger partial charge in [-0.1, -0.05) is 25.8 Å². The topological polar surface area (TPSA) is 12.0 Å². The molecule has 1 atom stereocenters.